The summed E-state index contributed by atoms with van der Waals surface area (Å²) in [6.07, 6.45) is -5.08. The molecule has 0 aromatic heterocycles. The smallest absolute Gasteiger partial charge is 0.480 e. The summed E-state index contributed by atoms with van der Waals surface area (Å²) >= 11 is 6.60. The maximum Gasteiger partial charge on any atom is 0.586 e. The quantitative estimate of drug-likeness (QED) is 0.600. The molecular formula is C23H23BClF2NO7. The number of hydrogen-bond donors (Lipinski definition) is 2. The van der Waals surface area contributed by atoms with Gasteiger partial charge in [0.15, 0.2) is 17.1 Å². The standard InChI is InChI=1S/C23H23BClF2NO7/c1-20(2)21(3,4)35-24(34-20)17-12-10-22(11-28-19(29)30,31-15(12)9-8-14(17)25)13-6-5-7-16-18(13)33-23(26,27)32-16/h5-9,28H,10-11H2,1-4H3,(H,29,30). The number of alkyl halides is 2. The van der Waals surface area contributed by atoms with Gasteiger partial charge in [0.2, 0.25) is 0 Å². The van der Waals surface area contributed by atoms with E-state index in [-0.39, 0.29) is 30.0 Å². The molecule has 35 heavy (non-hydrogen) atoms. The molecule has 2 N–H and O–H groups in total. The number of benzene rings is 2. The van der Waals surface area contributed by atoms with Crippen LogP contribution in [0.15, 0.2) is 30.3 Å². The van der Waals surface area contributed by atoms with Gasteiger partial charge in [0, 0.05) is 22.5 Å². The van der Waals surface area contributed by atoms with Gasteiger partial charge in [-0.25, -0.2) is 4.79 Å². The largest absolute Gasteiger partial charge is 0.586 e. The lowest BCUT2D eigenvalue weighted by atomic mass is 9.73. The first kappa shape index (κ1) is 24.0. The summed E-state index contributed by atoms with van der Waals surface area (Å²) in [4.78, 5) is 11.4. The van der Waals surface area contributed by atoms with Gasteiger partial charge in [0.05, 0.1) is 17.7 Å². The molecule has 0 saturated carbocycles. The molecule has 186 valence electrons. The van der Waals surface area contributed by atoms with Gasteiger partial charge >= 0.3 is 19.5 Å². The Labute approximate surface area is 205 Å². The van der Waals surface area contributed by atoms with Gasteiger partial charge in [0.25, 0.3) is 0 Å². The van der Waals surface area contributed by atoms with Crippen LogP contribution in [0, 0.1) is 0 Å². The molecule has 2 aromatic rings. The van der Waals surface area contributed by atoms with Crippen molar-refractivity contribution >= 4 is 30.3 Å². The van der Waals surface area contributed by atoms with Crippen molar-refractivity contribution < 1.29 is 42.2 Å². The summed E-state index contributed by atoms with van der Waals surface area (Å²) in [5.74, 6) is 0.00123. The number of carbonyl (C=O) groups is 1. The van der Waals surface area contributed by atoms with Crippen molar-refractivity contribution in [3.05, 3.63) is 46.5 Å². The van der Waals surface area contributed by atoms with Crippen molar-refractivity contribution in [3.63, 3.8) is 0 Å². The first-order chi connectivity index (χ1) is 16.2. The minimum absolute atomic E-state index is 0.0773. The van der Waals surface area contributed by atoms with Crippen LogP contribution in [0.3, 0.4) is 0 Å². The number of para-hydroxylation sites is 1. The first-order valence-corrected chi connectivity index (χ1v) is 11.3. The van der Waals surface area contributed by atoms with Crippen LogP contribution in [0.2, 0.25) is 5.02 Å². The molecule has 1 atom stereocenters. The van der Waals surface area contributed by atoms with Crippen molar-refractivity contribution in [2.45, 2.75) is 57.2 Å². The normalized spacial score (nSPS) is 24.7. The molecule has 2 aromatic carbocycles. The summed E-state index contributed by atoms with van der Waals surface area (Å²) in [6.45, 7) is 7.38. The second-order valence-electron chi connectivity index (χ2n) is 9.76. The second-order valence-corrected chi connectivity index (χ2v) is 10.2. The molecule has 0 bridgehead atoms. The highest BCUT2D eigenvalue weighted by molar-refractivity contribution is 6.66. The van der Waals surface area contributed by atoms with Gasteiger partial charge in [-0.05, 0) is 51.5 Å². The van der Waals surface area contributed by atoms with Crippen molar-refractivity contribution in [1.29, 1.82) is 0 Å². The van der Waals surface area contributed by atoms with E-state index < -0.39 is 36.3 Å². The van der Waals surface area contributed by atoms with E-state index in [1.165, 1.54) is 18.2 Å². The summed E-state index contributed by atoms with van der Waals surface area (Å²) in [5, 5.41) is 12.0. The molecule has 1 amide bonds. The van der Waals surface area contributed by atoms with Crippen molar-refractivity contribution in [1.82, 2.24) is 5.32 Å². The lowest BCUT2D eigenvalue weighted by molar-refractivity contribution is -0.287. The Bertz CT molecular complexity index is 1210. The number of carboxylic acid groups (broad SMARTS) is 1. The number of fused-ring (bicyclic) bond motifs is 2. The third-order valence-electron chi connectivity index (χ3n) is 6.96. The second kappa shape index (κ2) is 7.62. The van der Waals surface area contributed by atoms with Crippen LogP contribution in [-0.2, 0) is 21.3 Å². The van der Waals surface area contributed by atoms with Crippen molar-refractivity contribution in [3.8, 4) is 17.2 Å². The first-order valence-electron chi connectivity index (χ1n) is 11.0. The number of hydrogen-bond acceptors (Lipinski definition) is 6. The number of halogens is 3. The zero-order chi connectivity index (χ0) is 25.4. The Morgan fingerprint density at radius 2 is 1.74 bits per heavy atom. The molecule has 3 heterocycles. The Hall–Kier alpha value is -2.76. The molecule has 0 radical (unpaired) electrons. The highest BCUT2D eigenvalue weighted by Crippen LogP contribution is 2.51. The molecule has 5 rings (SSSR count). The maximum atomic E-state index is 13.9. The van der Waals surface area contributed by atoms with Crippen LogP contribution in [0.1, 0.15) is 38.8 Å². The van der Waals surface area contributed by atoms with E-state index >= 15 is 0 Å². The summed E-state index contributed by atoms with van der Waals surface area (Å²) in [5.41, 5.74) is -1.35. The van der Waals surface area contributed by atoms with Gasteiger partial charge in [-0.2, -0.15) is 0 Å². The lowest BCUT2D eigenvalue weighted by Crippen LogP contribution is -2.45. The van der Waals surface area contributed by atoms with Gasteiger partial charge < -0.3 is 33.9 Å². The number of ether oxygens (including phenoxy) is 3. The van der Waals surface area contributed by atoms with E-state index in [0.717, 1.165) is 0 Å². The van der Waals surface area contributed by atoms with E-state index in [9.17, 15) is 18.7 Å². The molecule has 12 heteroatoms. The van der Waals surface area contributed by atoms with Gasteiger partial charge in [-0.15, -0.1) is 8.78 Å². The summed E-state index contributed by atoms with van der Waals surface area (Å²) in [7, 11) is -0.820. The molecule has 3 aliphatic rings. The predicted octanol–water partition coefficient (Wildman–Crippen LogP) is 4.06. The number of nitrogens with one attached hydrogen (secondary N) is 1. The third-order valence-corrected chi connectivity index (χ3v) is 7.29. The van der Waals surface area contributed by atoms with Crippen LogP contribution >= 0.6 is 11.6 Å². The Balaban J connectivity index is 1.60. The van der Waals surface area contributed by atoms with Gasteiger partial charge in [-0.3, -0.25) is 0 Å². The molecule has 3 aliphatic heterocycles. The van der Waals surface area contributed by atoms with Crippen LogP contribution in [0.5, 0.6) is 17.2 Å². The average molecular weight is 510 g/mol. The van der Waals surface area contributed by atoms with Crippen molar-refractivity contribution in [2.75, 3.05) is 6.54 Å². The fraction of sp³-hybridized carbons (Fsp3) is 0.435. The summed E-state index contributed by atoms with van der Waals surface area (Å²) in [6, 6.07) is 7.66. The van der Waals surface area contributed by atoms with E-state index in [1.54, 1.807) is 12.1 Å². The Kier molecular flexibility index (Phi) is 5.22. The van der Waals surface area contributed by atoms with E-state index in [0.29, 0.717) is 21.8 Å². The van der Waals surface area contributed by atoms with Crippen LogP contribution in [-0.4, -0.2) is 42.4 Å². The molecule has 0 aliphatic carbocycles. The fourth-order valence-corrected chi connectivity index (χ4v) is 4.80. The summed E-state index contributed by atoms with van der Waals surface area (Å²) < 4.78 is 56.0. The maximum absolute atomic E-state index is 13.9. The molecule has 1 saturated heterocycles. The lowest BCUT2D eigenvalue weighted by Gasteiger charge is -2.32. The van der Waals surface area contributed by atoms with E-state index in [1.807, 2.05) is 27.7 Å². The Morgan fingerprint density at radius 1 is 1.06 bits per heavy atom. The van der Waals surface area contributed by atoms with Crippen molar-refractivity contribution in [2.24, 2.45) is 0 Å². The number of rotatable bonds is 4. The van der Waals surface area contributed by atoms with Crippen LogP contribution < -0.4 is 25.0 Å². The van der Waals surface area contributed by atoms with Crippen LogP contribution in [0.25, 0.3) is 0 Å². The topological polar surface area (TPSA) is 95.5 Å². The van der Waals surface area contributed by atoms with Crippen LogP contribution in [0.4, 0.5) is 13.6 Å². The zero-order valence-electron chi connectivity index (χ0n) is 19.4. The molecule has 1 unspecified atom stereocenters. The minimum atomic E-state index is -3.86. The van der Waals surface area contributed by atoms with Gasteiger partial charge in [-0.1, -0.05) is 23.7 Å². The fourth-order valence-electron chi connectivity index (χ4n) is 4.53. The monoisotopic (exact) mass is 509 g/mol. The predicted molar refractivity (Wildman–Crippen MR) is 122 cm³/mol. The minimum Gasteiger partial charge on any atom is -0.480 e. The highest BCUT2D eigenvalue weighted by atomic mass is 35.5. The third kappa shape index (κ3) is 3.86. The molecular weight excluding hydrogens is 487 g/mol. The van der Waals surface area contributed by atoms with E-state index in [2.05, 4.69) is 10.1 Å². The van der Waals surface area contributed by atoms with Gasteiger partial charge in [0.1, 0.15) is 5.75 Å². The average Bonchev–Trinajstić information content (AvgIpc) is 3.33. The highest BCUT2D eigenvalue weighted by Gasteiger charge is 2.55. The molecule has 0 spiro atoms. The Morgan fingerprint density at radius 3 is 2.40 bits per heavy atom. The number of amides is 1. The molecule has 8 nitrogen and oxygen atoms in total. The molecule has 1 fully saturated rings. The zero-order valence-corrected chi connectivity index (χ0v) is 20.2. The van der Waals surface area contributed by atoms with E-state index in [4.69, 9.17) is 30.4 Å². The SMILES string of the molecule is CC1(C)OB(c2c(Cl)ccc3c2CC(CNC(=O)O)(c2cccc4c2OC(F)(F)O4)O3)OC1(C)C.